The zero-order chi connectivity index (χ0) is 12.1. The van der Waals surface area contributed by atoms with Gasteiger partial charge in [-0.3, -0.25) is 0 Å². The van der Waals surface area contributed by atoms with E-state index in [0.29, 0.717) is 6.04 Å². The molecule has 1 aliphatic rings. The first kappa shape index (κ1) is 12.9. The minimum atomic E-state index is 0.610. The van der Waals surface area contributed by atoms with Gasteiger partial charge >= 0.3 is 0 Å². The molecule has 17 heavy (non-hydrogen) atoms. The minimum Gasteiger partial charge on any atom is -0.317 e. The molecular weight excluding hydrogens is 230 g/mol. The Hall–Kier alpha value is -0.530. The summed E-state index contributed by atoms with van der Waals surface area (Å²) in [5.41, 5.74) is 1.38. The maximum absolute atomic E-state index is 5.90. The summed E-state index contributed by atoms with van der Waals surface area (Å²) in [5, 5.41) is 4.28. The van der Waals surface area contributed by atoms with E-state index in [4.69, 9.17) is 11.6 Å². The van der Waals surface area contributed by atoms with Crippen molar-refractivity contribution in [1.29, 1.82) is 0 Å². The molecule has 1 aromatic rings. The van der Waals surface area contributed by atoms with Gasteiger partial charge in [-0.1, -0.05) is 49.4 Å². The van der Waals surface area contributed by atoms with Crippen LogP contribution in [0.4, 0.5) is 0 Å². The monoisotopic (exact) mass is 251 g/mol. The molecule has 1 atom stereocenters. The zero-order valence-electron chi connectivity index (χ0n) is 10.6. The topological polar surface area (TPSA) is 12.0 Å². The van der Waals surface area contributed by atoms with Crippen LogP contribution in [0.3, 0.4) is 0 Å². The Morgan fingerprint density at radius 3 is 2.47 bits per heavy atom. The van der Waals surface area contributed by atoms with Gasteiger partial charge in [-0.05, 0) is 43.5 Å². The lowest BCUT2D eigenvalue weighted by Gasteiger charge is -2.20. The molecular formula is C15H22ClN. The fourth-order valence-corrected chi connectivity index (χ4v) is 2.98. The second-order valence-electron chi connectivity index (χ2n) is 5.20. The average molecular weight is 252 g/mol. The van der Waals surface area contributed by atoms with Gasteiger partial charge in [0, 0.05) is 11.1 Å². The first-order valence-electron chi connectivity index (χ1n) is 6.69. The maximum Gasteiger partial charge on any atom is 0.0406 e. The molecule has 0 aliphatic heterocycles. The van der Waals surface area contributed by atoms with Gasteiger partial charge in [0.15, 0.2) is 0 Å². The van der Waals surface area contributed by atoms with Gasteiger partial charge in [-0.25, -0.2) is 0 Å². The summed E-state index contributed by atoms with van der Waals surface area (Å²) < 4.78 is 0. The van der Waals surface area contributed by atoms with Crippen LogP contribution in [0.15, 0.2) is 24.3 Å². The van der Waals surface area contributed by atoms with E-state index in [1.165, 1.54) is 37.7 Å². The molecule has 0 bridgehead atoms. The summed E-state index contributed by atoms with van der Waals surface area (Å²) in [6.45, 7) is 0. The molecule has 1 N–H and O–H groups in total. The van der Waals surface area contributed by atoms with E-state index in [1.54, 1.807) is 0 Å². The number of nitrogens with one attached hydrogen (secondary N) is 1. The predicted octanol–water partition coefficient (Wildman–Crippen LogP) is 4.05. The second-order valence-corrected chi connectivity index (χ2v) is 5.64. The van der Waals surface area contributed by atoms with Crippen LogP contribution in [-0.4, -0.2) is 13.1 Å². The van der Waals surface area contributed by atoms with E-state index in [0.717, 1.165) is 17.4 Å². The normalized spacial score (nSPS) is 18.5. The Kier molecular flexibility index (Phi) is 4.87. The van der Waals surface area contributed by atoms with Crippen molar-refractivity contribution < 1.29 is 0 Å². The molecule has 0 radical (unpaired) electrons. The standard InChI is InChI=1S/C15H22ClN/c1-17-15(10-12-4-2-3-5-12)11-13-6-8-14(16)9-7-13/h6-9,12,15,17H,2-5,10-11H2,1H3. The minimum absolute atomic E-state index is 0.610. The molecule has 1 unspecified atom stereocenters. The van der Waals surface area contributed by atoms with Crippen LogP contribution in [0.2, 0.25) is 5.02 Å². The smallest absolute Gasteiger partial charge is 0.0406 e. The summed E-state index contributed by atoms with van der Waals surface area (Å²) in [6, 6.07) is 8.86. The van der Waals surface area contributed by atoms with Crippen LogP contribution in [0.1, 0.15) is 37.7 Å². The molecule has 0 heterocycles. The molecule has 1 fully saturated rings. The lowest BCUT2D eigenvalue weighted by atomic mass is 9.94. The number of hydrogen-bond acceptors (Lipinski definition) is 1. The lowest BCUT2D eigenvalue weighted by molar-refractivity contribution is 0.402. The molecule has 0 spiro atoms. The van der Waals surface area contributed by atoms with Crippen molar-refractivity contribution in [3.63, 3.8) is 0 Å². The van der Waals surface area contributed by atoms with Gasteiger partial charge in [0.05, 0.1) is 0 Å². The molecule has 0 amide bonds. The van der Waals surface area contributed by atoms with Gasteiger partial charge < -0.3 is 5.32 Å². The van der Waals surface area contributed by atoms with Crippen molar-refractivity contribution >= 4 is 11.6 Å². The van der Waals surface area contributed by atoms with E-state index in [1.807, 2.05) is 12.1 Å². The second kappa shape index (κ2) is 6.42. The molecule has 2 heteroatoms. The Balaban J connectivity index is 1.87. The average Bonchev–Trinajstić information content (AvgIpc) is 2.84. The summed E-state index contributed by atoms with van der Waals surface area (Å²) in [5.74, 6) is 0.944. The van der Waals surface area contributed by atoms with Gasteiger partial charge in [0.2, 0.25) is 0 Å². The van der Waals surface area contributed by atoms with Crippen molar-refractivity contribution in [2.24, 2.45) is 5.92 Å². The third-order valence-corrected chi connectivity index (χ3v) is 4.15. The van der Waals surface area contributed by atoms with Crippen molar-refractivity contribution in [3.8, 4) is 0 Å². The summed E-state index contributed by atoms with van der Waals surface area (Å²) in [7, 11) is 2.08. The number of halogens is 1. The quantitative estimate of drug-likeness (QED) is 0.833. The van der Waals surface area contributed by atoms with E-state index >= 15 is 0 Å². The van der Waals surface area contributed by atoms with E-state index in [-0.39, 0.29) is 0 Å². The van der Waals surface area contributed by atoms with Crippen molar-refractivity contribution in [2.75, 3.05) is 7.05 Å². The zero-order valence-corrected chi connectivity index (χ0v) is 11.3. The van der Waals surface area contributed by atoms with Gasteiger partial charge in [0.25, 0.3) is 0 Å². The Morgan fingerprint density at radius 1 is 1.24 bits per heavy atom. The number of benzene rings is 1. The van der Waals surface area contributed by atoms with Crippen molar-refractivity contribution in [2.45, 2.75) is 44.6 Å². The molecule has 1 saturated carbocycles. The van der Waals surface area contributed by atoms with Gasteiger partial charge in [-0.2, -0.15) is 0 Å². The van der Waals surface area contributed by atoms with E-state index in [2.05, 4.69) is 24.5 Å². The van der Waals surface area contributed by atoms with Gasteiger partial charge in [-0.15, -0.1) is 0 Å². The molecule has 1 nitrogen and oxygen atoms in total. The van der Waals surface area contributed by atoms with Crippen LogP contribution in [0.25, 0.3) is 0 Å². The van der Waals surface area contributed by atoms with Crippen LogP contribution < -0.4 is 5.32 Å². The molecule has 94 valence electrons. The Bertz CT molecular complexity index is 327. The van der Waals surface area contributed by atoms with Crippen molar-refractivity contribution in [3.05, 3.63) is 34.9 Å². The maximum atomic E-state index is 5.90. The predicted molar refractivity (Wildman–Crippen MR) is 74.6 cm³/mol. The fourth-order valence-electron chi connectivity index (χ4n) is 2.86. The van der Waals surface area contributed by atoms with Crippen LogP contribution in [0, 0.1) is 5.92 Å². The lowest BCUT2D eigenvalue weighted by Crippen LogP contribution is -2.29. The molecule has 0 saturated heterocycles. The summed E-state index contributed by atoms with van der Waals surface area (Å²) >= 11 is 5.90. The molecule has 1 aliphatic carbocycles. The number of hydrogen-bond donors (Lipinski definition) is 1. The Morgan fingerprint density at radius 2 is 1.88 bits per heavy atom. The number of likely N-dealkylation sites (N-methyl/N-ethyl adjacent to an activating group) is 1. The highest BCUT2D eigenvalue weighted by molar-refractivity contribution is 6.30. The van der Waals surface area contributed by atoms with Crippen LogP contribution in [0.5, 0.6) is 0 Å². The summed E-state index contributed by atoms with van der Waals surface area (Å²) in [4.78, 5) is 0. The third-order valence-electron chi connectivity index (χ3n) is 3.90. The number of rotatable bonds is 5. The molecule has 0 aromatic heterocycles. The SMILES string of the molecule is CNC(Cc1ccc(Cl)cc1)CC1CCCC1. The third kappa shape index (κ3) is 4.01. The fraction of sp³-hybridized carbons (Fsp3) is 0.600. The highest BCUT2D eigenvalue weighted by Crippen LogP contribution is 2.29. The first-order chi connectivity index (χ1) is 8.28. The van der Waals surface area contributed by atoms with Crippen molar-refractivity contribution in [1.82, 2.24) is 5.32 Å². The Labute approximate surface area is 110 Å². The highest BCUT2D eigenvalue weighted by Gasteiger charge is 2.19. The van der Waals surface area contributed by atoms with E-state index < -0.39 is 0 Å². The largest absolute Gasteiger partial charge is 0.317 e. The highest BCUT2D eigenvalue weighted by atomic mass is 35.5. The van der Waals surface area contributed by atoms with E-state index in [9.17, 15) is 0 Å². The molecule has 2 rings (SSSR count). The van der Waals surface area contributed by atoms with Crippen LogP contribution in [-0.2, 0) is 6.42 Å². The first-order valence-corrected chi connectivity index (χ1v) is 7.07. The van der Waals surface area contributed by atoms with Crippen LogP contribution >= 0.6 is 11.6 Å². The molecule has 1 aromatic carbocycles. The summed E-state index contributed by atoms with van der Waals surface area (Å²) in [6.07, 6.45) is 8.16. The van der Waals surface area contributed by atoms with Gasteiger partial charge in [0.1, 0.15) is 0 Å².